The molecule has 1 N–H and O–H groups in total. The molecule has 7 heteroatoms. The SMILES string of the molecule is O=C(NCCC1CCN(CC(F)(F)F)CC1)[C@@H]1CCCO1. The molecule has 0 spiro atoms. The Kier molecular flexibility index (Phi) is 5.87. The van der Waals surface area contributed by atoms with E-state index in [9.17, 15) is 18.0 Å². The van der Waals surface area contributed by atoms with Crippen LogP contribution in [0.4, 0.5) is 13.2 Å². The summed E-state index contributed by atoms with van der Waals surface area (Å²) in [6.07, 6.45) is -0.339. The zero-order valence-electron chi connectivity index (χ0n) is 12.1. The van der Waals surface area contributed by atoms with Crippen LogP contribution in [-0.4, -0.2) is 55.9 Å². The first-order chi connectivity index (χ1) is 9.94. The number of piperidine rings is 1. The van der Waals surface area contributed by atoms with E-state index in [4.69, 9.17) is 4.74 Å². The van der Waals surface area contributed by atoms with Crippen molar-refractivity contribution in [2.45, 2.75) is 44.4 Å². The van der Waals surface area contributed by atoms with Gasteiger partial charge in [0.15, 0.2) is 0 Å². The van der Waals surface area contributed by atoms with Gasteiger partial charge in [-0.05, 0) is 51.1 Å². The van der Waals surface area contributed by atoms with Crippen molar-refractivity contribution in [3.8, 4) is 0 Å². The fourth-order valence-electron chi connectivity index (χ4n) is 2.98. The van der Waals surface area contributed by atoms with Gasteiger partial charge in [0.25, 0.3) is 0 Å². The number of hydrogen-bond acceptors (Lipinski definition) is 3. The topological polar surface area (TPSA) is 41.6 Å². The molecule has 0 aromatic rings. The number of nitrogens with one attached hydrogen (secondary N) is 1. The van der Waals surface area contributed by atoms with Gasteiger partial charge in [-0.2, -0.15) is 13.2 Å². The Morgan fingerprint density at radius 1 is 1.24 bits per heavy atom. The number of amides is 1. The normalized spacial score (nSPS) is 25.2. The van der Waals surface area contributed by atoms with Crippen molar-refractivity contribution in [2.75, 3.05) is 32.8 Å². The Morgan fingerprint density at radius 2 is 1.95 bits per heavy atom. The highest BCUT2D eigenvalue weighted by molar-refractivity contribution is 5.80. The molecule has 0 aromatic carbocycles. The molecule has 0 bridgehead atoms. The lowest BCUT2D eigenvalue weighted by atomic mass is 9.93. The molecule has 21 heavy (non-hydrogen) atoms. The summed E-state index contributed by atoms with van der Waals surface area (Å²) < 4.78 is 42.1. The zero-order chi connectivity index (χ0) is 15.3. The molecule has 2 fully saturated rings. The molecule has 0 unspecified atom stereocenters. The van der Waals surface area contributed by atoms with Crippen LogP contribution in [0.15, 0.2) is 0 Å². The minimum Gasteiger partial charge on any atom is -0.368 e. The summed E-state index contributed by atoms with van der Waals surface area (Å²) in [5.41, 5.74) is 0. The van der Waals surface area contributed by atoms with Crippen LogP contribution in [-0.2, 0) is 9.53 Å². The molecule has 0 aromatic heterocycles. The molecule has 4 nitrogen and oxygen atoms in total. The molecular weight excluding hydrogens is 285 g/mol. The predicted molar refractivity (Wildman–Crippen MR) is 71.8 cm³/mol. The average molecular weight is 308 g/mol. The Labute approximate surface area is 123 Å². The predicted octanol–water partition coefficient (Wildman–Crippen LogP) is 1.95. The van der Waals surface area contributed by atoms with E-state index < -0.39 is 12.7 Å². The molecule has 2 saturated heterocycles. The second kappa shape index (κ2) is 7.45. The molecule has 0 saturated carbocycles. The number of hydrogen-bond donors (Lipinski definition) is 1. The largest absolute Gasteiger partial charge is 0.401 e. The Balaban J connectivity index is 1.57. The molecule has 0 aliphatic carbocycles. The van der Waals surface area contributed by atoms with Gasteiger partial charge in [0.05, 0.1) is 6.54 Å². The van der Waals surface area contributed by atoms with Crippen LogP contribution in [0.2, 0.25) is 0 Å². The van der Waals surface area contributed by atoms with Crippen LogP contribution in [0.3, 0.4) is 0 Å². The molecule has 0 radical (unpaired) electrons. The summed E-state index contributed by atoms with van der Waals surface area (Å²) >= 11 is 0. The first-order valence-electron chi connectivity index (χ1n) is 7.62. The van der Waals surface area contributed by atoms with E-state index in [0.717, 1.165) is 32.1 Å². The van der Waals surface area contributed by atoms with E-state index in [1.165, 1.54) is 4.90 Å². The van der Waals surface area contributed by atoms with Crippen molar-refractivity contribution in [1.29, 1.82) is 0 Å². The number of halogens is 3. The summed E-state index contributed by atoms with van der Waals surface area (Å²) in [7, 11) is 0. The fraction of sp³-hybridized carbons (Fsp3) is 0.929. The minimum absolute atomic E-state index is 0.0537. The van der Waals surface area contributed by atoms with Gasteiger partial charge in [-0.15, -0.1) is 0 Å². The highest BCUT2D eigenvalue weighted by Crippen LogP contribution is 2.24. The van der Waals surface area contributed by atoms with Crippen molar-refractivity contribution in [1.82, 2.24) is 10.2 Å². The van der Waals surface area contributed by atoms with E-state index in [2.05, 4.69) is 5.32 Å². The third-order valence-corrected chi connectivity index (χ3v) is 4.18. The molecule has 1 atom stereocenters. The third kappa shape index (κ3) is 5.82. The number of rotatable bonds is 5. The first-order valence-corrected chi connectivity index (χ1v) is 7.62. The van der Waals surface area contributed by atoms with Crippen molar-refractivity contribution in [3.63, 3.8) is 0 Å². The minimum atomic E-state index is -4.11. The highest BCUT2D eigenvalue weighted by Gasteiger charge is 2.32. The molecule has 122 valence electrons. The molecule has 2 heterocycles. The molecule has 2 aliphatic rings. The van der Waals surface area contributed by atoms with E-state index in [1.54, 1.807) is 0 Å². The molecular formula is C14H23F3N2O2. The maximum Gasteiger partial charge on any atom is 0.401 e. The quantitative estimate of drug-likeness (QED) is 0.844. The lowest BCUT2D eigenvalue weighted by molar-refractivity contribution is -0.148. The summed E-state index contributed by atoms with van der Waals surface area (Å²) in [4.78, 5) is 13.2. The fourth-order valence-corrected chi connectivity index (χ4v) is 2.98. The van der Waals surface area contributed by atoms with Gasteiger partial charge in [-0.25, -0.2) is 0 Å². The van der Waals surface area contributed by atoms with Crippen molar-refractivity contribution < 1.29 is 22.7 Å². The standard InChI is InChI=1S/C14H23F3N2O2/c15-14(16,17)10-19-7-4-11(5-8-19)3-6-18-13(20)12-2-1-9-21-12/h11-12H,1-10H2,(H,18,20)/t12-/m0/s1. The van der Waals surface area contributed by atoms with Gasteiger partial charge in [0.1, 0.15) is 6.10 Å². The number of alkyl halides is 3. The molecule has 1 amide bonds. The smallest absolute Gasteiger partial charge is 0.368 e. The van der Waals surface area contributed by atoms with Gasteiger partial charge in [-0.3, -0.25) is 9.69 Å². The van der Waals surface area contributed by atoms with Crippen LogP contribution >= 0.6 is 0 Å². The molecule has 2 aliphatic heterocycles. The number of likely N-dealkylation sites (tertiary alicyclic amines) is 1. The highest BCUT2D eigenvalue weighted by atomic mass is 19.4. The zero-order valence-corrected chi connectivity index (χ0v) is 12.1. The summed E-state index contributed by atoms with van der Waals surface area (Å²) in [5.74, 6) is 0.348. The second-order valence-corrected chi connectivity index (χ2v) is 5.92. The Hall–Kier alpha value is -0.820. The average Bonchev–Trinajstić information content (AvgIpc) is 2.93. The lowest BCUT2D eigenvalue weighted by Gasteiger charge is -2.32. The van der Waals surface area contributed by atoms with E-state index in [-0.39, 0.29) is 12.0 Å². The third-order valence-electron chi connectivity index (χ3n) is 4.18. The summed E-state index contributed by atoms with van der Waals surface area (Å²) in [6, 6.07) is 0. The van der Waals surface area contributed by atoms with Gasteiger partial charge in [0.2, 0.25) is 5.91 Å². The van der Waals surface area contributed by atoms with E-state index in [1.807, 2.05) is 0 Å². The maximum atomic E-state index is 12.3. The first kappa shape index (κ1) is 16.5. The summed E-state index contributed by atoms with van der Waals surface area (Å²) in [5, 5.41) is 2.86. The van der Waals surface area contributed by atoms with Gasteiger partial charge < -0.3 is 10.1 Å². The van der Waals surface area contributed by atoms with Crippen LogP contribution in [0.1, 0.15) is 32.1 Å². The number of carbonyl (C=O) groups is 1. The van der Waals surface area contributed by atoms with Gasteiger partial charge in [0, 0.05) is 13.2 Å². The number of ether oxygens (including phenoxy) is 1. The Morgan fingerprint density at radius 3 is 2.52 bits per heavy atom. The van der Waals surface area contributed by atoms with Crippen LogP contribution in [0, 0.1) is 5.92 Å². The van der Waals surface area contributed by atoms with Crippen LogP contribution in [0.25, 0.3) is 0 Å². The van der Waals surface area contributed by atoms with Crippen molar-refractivity contribution >= 4 is 5.91 Å². The van der Waals surface area contributed by atoms with Gasteiger partial charge in [-0.1, -0.05) is 0 Å². The monoisotopic (exact) mass is 308 g/mol. The lowest BCUT2D eigenvalue weighted by Crippen LogP contribution is -2.41. The van der Waals surface area contributed by atoms with Crippen LogP contribution < -0.4 is 5.32 Å². The van der Waals surface area contributed by atoms with Crippen molar-refractivity contribution in [3.05, 3.63) is 0 Å². The van der Waals surface area contributed by atoms with Gasteiger partial charge >= 0.3 is 6.18 Å². The maximum absolute atomic E-state index is 12.3. The Bertz CT molecular complexity index is 336. The number of nitrogens with zero attached hydrogens (tertiary/aromatic N) is 1. The number of carbonyl (C=O) groups excluding carboxylic acids is 1. The van der Waals surface area contributed by atoms with E-state index >= 15 is 0 Å². The molecule has 2 rings (SSSR count). The van der Waals surface area contributed by atoms with E-state index in [0.29, 0.717) is 32.2 Å². The second-order valence-electron chi connectivity index (χ2n) is 5.92. The van der Waals surface area contributed by atoms with Crippen molar-refractivity contribution in [2.24, 2.45) is 5.92 Å². The summed E-state index contributed by atoms with van der Waals surface area (Å²) in [6.45, 7) is 1.40. The van der Waals surface area contributed by atoms with Crippen LogP contribution in [0.5, 0.6) is 0 Å².